The molecule has 0 radical (unpaired) electrons. The Hall–Kier alpha value is -1.51. The topological polar surface area (TPSA) is 66.5 Å². The lowest BCUT2D eigenvalue weighted by atomic mass is 10.0. The van der Waals surface area contributed by atoms with Crippen LogP contribution in [0.25, 0.3) is 0 Å². The third-order valence-electron chi connectivity index (χ3n) is 14.9. The van der Waals surface area contributed by atoms with Gasteiger partial charge < -0.3 is 28.6 Å². The molecule has 1 aliphatic rings. The Bertz CT molecular complexity index is 1160. The van der Waals surface area contributed by atoms with E-state index in [1.807, 2.05) is 0 Å². The fraction of sp³-hybridized carbons (Fsp3) is 0.894. The van der Waals surface area contributed by atoms with E-state index >= 15 is 0 Å². The van der Waals surface area contributed by atoms with Crippen molar-refractivity contribution in [2.24, 2.45) is 0 Å². The van der Waals surface area contributed by atoms with Gasteiger partial charge in [0.2, 0.25) is 0 Å². The third kappa shape index (κ3) is 51.0. The molecule has 0 aromatic carbocycles. The minimum Gasteiger partial charge on any atom is -0.462 e. The van der Waals surface area contributed by atoms with Gasteiger partial charge in [0.15, 0.2) is 12.6 Å². The molecule has 0 N–H and O–H groups in total. The summed E-state index contributed by atoms with van der Waals surface area (Å²) in [5.74, 6) is 0.0252. The van der Waals surface area contributed by atoms with E-state index < -0.39 is 0 Å². The number of carbonyl (C=O) groups is 1. The third-order valence-corrected chi connectivity index (χ3v) is 14.9. The van der Waals surface area contributed by atoms with Gasteiger partial charge >= 0.3 is 5.97 Å². The number of esters is 1. The zero-order valence-electron chi connectivity index (χ0n) is 49.4. The molecular formula is C66H125NO6. The van der Waals surface area contributed by atoms with Gasteiger partial charge in [0.1, 0.15) is 6.10 Å². The molecule has 430 valence electrons. The first-order chi connectivity index (χ1) is 36.1. The highest BCUT2D eigenvalue weighted by atomic mass is 16.7. The quantitative estimate of drug-likeness (QED) is 0.0260. The molecule has 1 heterocycles. The summed E-state index contributed by atoms with van der Waals surface area (Å²) in [7, 11) is 0. The summed E-state index contributed by atoms with van der Waals surface area (Å²) in [4.78, 5) is 15.6. The van der Waals surface area contributed by atoms with Crippen LogP contribution in [0, 0.1) is 0 Å². The summed E-state index contributed by atoms with van der Waals surface area (Å²) in [6.07, 6.45) is 68.0. The Morgan fingerprint density at radius 3 is 1.16 bits per heavy atom. The molecule has 1 saturated heterocycles. The average molecular weight is 1030 g/mol. The van der Waals surface area contributed by atoms with Crippen molar-refractivity contribution in [1.82, 2.24) is 4.90 Å². The van der Waals surface area contributed by atoms with Crippen molar-refractivity contribution in [2.45, 2.75) is 335 Å². The van der Waals surface area contributed by atoms with Crippen LogP contribution in [0.2, 0.25) is 0 Å². The second-order valence-corrected chi connectivity index (χ2v) is 22.0. The summed E-state index contributed by atoms with van der Waals surface area (Å²) in [6.45, 7) is 15.3. The Kier molecular flexibility index (Phi) is 55.4. The fourth-order valence-electron chi connectivity index (χ4n) is 10.1. The SMILES string of the molecule is CCCCCCC=CCOC(CCCCCCCCCC(CCCCCCCCCC(OCC=CCCCCCC)OCCCCCCCCC)OC(=O)CCCN1CCCCC1)OCC=CCCCCCC. The number of ether oxygens (including phenoxy) is 5. The summed E-state index contributed by atoms with van der Waals surface area (Å²) >= 11 is 0. The number of hydrogen-bond acceptors (Lipinski definition) is 7. The molecule has 7 heteroatoms. The van der Waals surface area contributed by atoms with Gasteiger partial charge in [-0.25, -0.2) is 0 Å². The zero-order chi connectivity index (χ0) is 52.4. The van der Waals surface area contributed by atoms with Crippen molar-refractivity contribution in [2.75, 3.05) is 46.1 Å². The van der Waals surface area contributed by atoms with E-state index in [1.54, 1.807) is 0 Å². The normalized spacial score (nSPS) is 14.8. The van der Waals surface area contributed by atoms with Crippen molar-refractivity contribution in [3.05, 3.63) is 36.5 Å². The van der Waals surface area contributed by atoms with Crippen molar-refractivity contribution in [3.8, 4) is 0 Å². The van der Waals surface area contributed by atoms with Crippen molar-refractivity contribution < 1.29 is 28.5 Å². The fourth-order valence-corrected chi connectivity index (χ4v) is 10.1. The predicted octanol–water partition coefficient (Wildman–Crippen LogP) is 20.2. The number of piperidine rings is 1. The van der Waals surface area contributed by atoms with E-state index in [0.29, 0.717) is 26.2 Å². The molecule has 1 rings (SSSR count). The maximum atomic E-state index is 13.1. The second-order valence-electron chi connectivity index (χ2n) is 22.0. The van der Waals surface area contributed by atoms with E-state index in [9.17, 15) is 4.79 Å². The van der Waals surface area contributed by atoms with E-state index in [4.69, 9.17) is 23.7 Å². The van der Waals surface area contributed by atoms with Crippen LogP contribution < -0.4 is 0 Å². The summed E-state index contributed by atoms with van der Waals surface area (Å²) < 4.78 is 31.2. The highest BCUT2D eigenvalue weighted by Gasteiger charge is 2.16. The van der Waals surface area contributed by atoms with Crippen LogP contribution in [0.5, 0.6) is 0 Å². The standard InChI is InChI=1S/C66H125NO6/c1-5-9-13-17-27-35-46-59-69-65(70-60-47-36-28-18-14-10-6-2)54-42-33-25-21-23-31-40-51-63(73-64(68)53-50-58-67-56-44-39-45-57-67)52-41-32-24-22-26-34-43-55-66(71-61-48-37-29-19-15-11-7-3)72-62-49-38-30-20-16-12-8-4/h35-37,46-48,63,65-66H,5-34,38-45,49-62H2,1-4H3. The van der Waals surface area contributed by atoms with Gasteiger partial charge in [0.25, 0.3) is 0 Å². The zero-order valence-corrected chi connectivity index (χ0v) is 49.4. The van der Waals surface area contributed by atoms with E-state index in [1.165, 1.54) is 212 Å². The van der Waals surface area contributed by atoms with Crippen LogP contribution in [0.4, 0.5) is 0 Å². The van der Waals surface area contributed by atoms with E-state index in [-0.39, 0.29) is 24.7 Å². The van der Waals surface area contributed by atoms with Crippen molar-refractivity contribution in [3.63, 3.8) is 0 Å². The highest BCUT2D eigenvalue weighted by Crippen LogP contribution is 2.20. The first-order valence-electron chi connectivity index (χ1n) is 32.5. The summed E-state index contributed by atoms with van der Waals surface area (Å²) in [5, 5.41) is 0. The number of hydrogen-bond donors (Lipinski definition) is 0. The summed E-state index contributed by atoms with van der Waals surface area (Å²) in [5.41, 5.74) is 0. The van der Waals surface area contributed by atoms with Crippen LogP contribution in [0.1, 0.15) is 317 Å². The van der Waals surface area contributed by atoms with Gasteiger partial charge in [-0.2, -0.15) is 0 Å². The lowest BCUT2D eigenvalue weighted by Gasteiger charge is -2.26. The minimum absolute atomic E-state index is 0.0252. The average Bonchev–Trinajstić information content (AvgIpc) is 3.40. The first kappa shape index (κ1) is 69.5. The number of carbonyl (C=O) groups excluding carboxylic acids is 1. The number of unbranched alkanes of at least 4 members (excludes halogenated alkanes) is 30. The van der Waals surface area contributed by atoms with Crippen LogP contribution in [0.3, 0.4) is 0 Å². The molecule has 0 saturated carbocycles. The van der Waals surface area contributed by atoms with Crippen molar-refractivity contribution >= 4 is 5.97 Å². The molecule has 7 nitrogen and oxygen atoms in total. The molecule has 0 bridgehead atoms. The molecular weight excluding hydrogens is 903 g/mol. The van der Waals surface area contributed by atoms with Crippen LogP contribution in [0.15, 0.2) is 36.5 Å². The van der Waals surface area contributed by atoms with Gasteiger partial charge in [-0.15, -0.1) is 0 Å². The van der Waals surface area contributed by atoms with Crippen molar-refractivity contribution in [1.29, 1.82) is 0 Å². The minimum atomic E-state index is -0.130. The van der Waals surface area contributed by atoms with E-state index in [0.717, 1.165) is 96.6 Å². The van der Waals surface area contributed by atoms with Crippen LogP contribution in [-0.4, -0.2) is 75.6 Å². The molecule has 2 atom stereocenters. The molecule has 0 amide bonds. The first-order valence-corrected chi connectivity index (χ1v) is 32.5. The monoisotopic (exact) mass is 1030 g/mol. The molecule has 0 spiro atoms. The smallest absolute Gasteiger partial charge is 0.306 e. The molecule has 0 aromatic rings. The van der Waals surface area contributed by atoms with E-state index in [2.05, 4.69) is 69.1 Å². The molecule has 73 heavy (non-hydrogen) atoms. The Morgan fingerprint density at radius 1 is 0.384 bits per heavy atom. The lowest BCUT2D eigenvalue weighted by molar-refractivity contribution is -0.150. The predicted molar refractivity (Wildman–Crippen MR) is 316 cm³/mol. The Balaban J connectivity index is 2.46. The molecule has 1 aliphatic heterocycles. The Labute approximate surface area is 455 Å². The van der Waals surface area contributed by atoms with Crippen LogP contribution in [-0.2, 0) is 28.5 Å². The second kappa shape index (κ2) is 58.2. The summed E-state index contributed by atoms with van der Waals surface area (Å²) in [6, 6.07) is 0. The molecule has 0 aliphatic carbocycles. The largest absolute Gasteiger partial charge is 0.462 e. The number of nitrogens with zero attached hydrogens (tertiary/aromatic N) is 1. The maximum Gasteiger partial charge on any atom is 0.306 e. The number of allylic oxidation sites excluding steroid dienone is 3. The molecule has 1 fully saturated rings. The van der Waals surface area contributed by atoms with Gasteiger partial charge in [-0.3, -0.25) is 4.79 Å². The van der Waals surface area contributed by atoms with Gasteiger partial charge in [0.05, 0.1) is 19.8 Å². The van der Waals surface area contributed by atoms with Crippen LogP contribution >= 0.6 is 0 Å². The molecule has 2 unspecified atom stereocenters. The lowest BCUT2D eigenvalue weighted by Crippen LogP contribution is -2.31. The molecule has 0 aromatic heterocycles. The Morgan fingerprint density at radius 2 is 0.740 bits per heavy atom. The highest BCUT2D eigenvalue weighted by molar-refractivity contribution is 5.69. The van der Waals surface area contributed by atoms with Gasteiger partial charge in [0, 0.05) is 13.0 Å². The number of likely N-dealkylation sites (tertiary alicyclic amines) is 1. The number of rotatable bonds is 58. The van der Waals surface area contributed by atoms with Gasteiger partial charge in [-0.1, -0.05) is 231 Å². The van der Waals surface area contributed by atoms with Gasteiger partial charge in [-0.05, 0) is 135 Å². The maximum absolute atomic E-state index is 13.1.